The third-order valence-electron chi connectivity index (χ3n) is 6.07. The van der Waals surface area contributed by atoms with Crippen molar-refractivity contribution in [3.63, 3.8) is 0 Å². The van der Waals surface area contributed by atoms with E-state index in [0.717, 1.165) is 52.4 Å². The van der Waals surface area contributed by atoms with Crippen molar-refractivity contribution in [3.05, 3.63) is 50.6 Å². The van der Waals surface area contributed by atoms with Gasteiger partial charge >= 0.3 is 0 Å². The highest BCUT2D eigenvalue weighted by Crippen LogP contribution is 2.40. The number of fused-ring (bicyclic) bond motifs is 3. The average molecular weight is 501 g/mol. The zero-order valence-electron chi connectivity index (χ0n) is 17.6. The van der Waals surface area contributed by atoms with Crippen LogP contribution in [0.15, 0.2) is 28.7 Å². The van der Waals surface area contributed by atoms with E-state index in [1.54, 1.807) is 7.11 Å². The summed E-state index contributed by atoms with van der Waals surface area (Å²) in [6.45, 7) is 3.32. The van der Waals surface area contributed by atoms with E-state index in [2.05, 4.69) is 20.8 Å². The zero-order chi connectivity index (χ0) is 21.4. The Balaban J connectivity index is 1.41. The molecule has 162 valence electrons. The van der Waals surface area contributed by atoms with Gasteiger partial charge in [-0.15, -0.1) is 11.3 Å². The molecule has 0 atom stereocenters. The van der Waals surface area contributed by atoms with Crippen molar-refractivity contribution in [1.82, 2.24) is 14.9 Å². The van der Waals surface area contributed by atoms with E-state index in [0.29, 0.717) is 19.7 Å². The Kier molecular flexibility index (Phi) is 5.95. The number of piperazine rings is 1. The molecule has 0 N–H and O–H groups in total. The highest BCUT2D eigenvalue weighted by atomic mass is 79.9. The lowest BCUT2D eigenvalue weighted by Gasteiger charge is -2.36. The van der Waals surface area contributed by atoms with E-state index in [4.69, 9.17) is 14.7 Å². The van der Waals surface area contributed by atoms with Crippen LogP contribution in [-0.2, 0) is 24.2 Å². The number of nitrogens with zero attached hydrogens (tertiary/aromatic N) is 4. The molecule has 1 saturated heterocycles. The van der Waals surface area contributed by atoms with E-state index in [1.165, 1.54) is 28.7 Å². The molecule has 6 nitrogen and oxygen atoms in total. The van der Waals surface area contributed by atoms with E-state index in [9.17, 15) is 4.79 Å². The number of methoxy groups -OCH3 is 1. The van der Waals surface area contributed by atoms with Crippen molar-refractivity contribution in [2.45, 2.75) is 32.3 Å². The number of benzene rings is 1. The van der Waals surface area contributed by atoms with Crippen LogP contribution in [-0.4, -0.2) is 54.1 Å². The number of carbonyl (C=O) groups is 1. The quantitative estimate of drug-likeness (QED) is 0.529. The Morgan fingerprint density at radius 2 is 1.84 bits per heavy atom. The Labute approximate surface area is 194 Å². The number of ether oxygens (including phenoxy) is 1. The summed E-state index contributed by atoms with van der Waals surface area (Å²) in [5.74, 6) is 1.84. The normalized spacial score (nSPS) is 16.6. The summed E-state index contributed by atoms with van der Waals surface area (Å²) >= 11 is 5.25. The molecular weight excluding hydrogens is 476 g/mol. The molecule has 0 saturated carbocycles. The molecule has 1 aromatic carbocycles. The van der Waals surface area contributed by atoms with Crippen molar-refractivity contribution in [2.24, 2.45) is 0 Å². The Hall–Kier alpha value is -2.03. The maximum atomic E-state index is 12.9. The number of amides is 1. The van der Waals surface area contributed by atoms with Gasteiger partial charge in [0, 0.05) is 48.2 Å². The highest BCUT2D eigenvalue weighted by Gasteiger charge is 2.27. The molecule has 1 fully saturated rings. The van der Waals surface area contributed by atoms with Crippen LogP contribution in [0, 0.1) is 0 Å². The van der Waals surface area contributed by atoms with Gasteiger partial charge in [0.2, 0.25) is 0 Å². The molecule has 3 aromatic rings. The van der Waals surface area contributed by atoms with Gasteiger partial charge in [-0.1, -0.05) is 15.9 Å². The summed E-state index contributed by atoms with van der Waals surface area (Å²) in [5.41, 5.74) is 2.17. The lowest BCUT2D eigenvalue weighted by atomic mass is 9.97. The Morgan fingerprint density at radius 3 is 2.58 bits per heavy atom. The van der Waals surface area contributed by atoms with Crippen LogP contribution < -0.4 is 4.90 Å². The van der Waals surface area contributed by atoms with E-state index >= 15 is 0 Å². The fourth-order valence-corrected chi connectivity index (χ4v) is 6.04. The summed E-state index contributed by atoms with van der Waals surface area (Å²) < 4.78 is 6.31. The number of carbonyl (C=O) groups excluding carboxylic acids is 1. The third kappa shape index (κ3) is 4.08. The Morgan fingerprint density at radius 1 is 1.10 bits per heavy atom. The van der Waals surface area contributed by atoms with Crippen LogP contribution in [0.4, 0.5) is 5.82 Å². The third-order valence-corrected chi connectivity index (χ3v) is 7.79. The second-order valence-corrected chi connectivity index (χ2v) is 10.1. The number of aryl methyl sites for hydroxylation is 2. The van der Waals surface area contributed by atoms with Crippen LogP contribution in [0.25, 0.3) is 10.2 Å². The number of aromatic nitrogens is 2. The molecule has 1 aliphatic heterocycles. The van der Waals surface area contributed by atoms with Crippen molar-refractivity contribution >= 4 is 49.2 Å². The van der Waals surface area contributed by atoms with Gasteiger partial charge < -0.3 is 14.5 Å². The topological polar surface area (TPSA) is 58.6 Å². The first-order chi connectivity index (χ1) is 15.1. The fourth-order valence-electron chi connectivity index (χ4n) is 4.50. The number of anilines is 1. The van der Waals surface area contributed by atoms with Crippen LogP contribution in [0.1, 0.15) is 39.5 Å². The number of hydrogen-bond acceptors (Lipinski definition) is 6. The minimum atomic E-state index is 0.0907. The van der Waals surface area contributed by atoms with Gasteiger partial charge in [0.25, 0.3) is 5.91 Å². The number of rotatable bonds is 4. The lowest BCUT2D eigenvalue weighted by molar-refractivity contribution is 0.0746. The number of halogens is 1. The summed E-state index contributed by atoms with van der Waals surface area (Å²) in [5, 5.41) is 1.23. The predicted molar refractivity (Wildman–Crippen MR) is 127 cm³/mol. The molecule has 1 amide bonds. The van der Waals surface area contributed by atoms with Crippen LogP contribution in [0.2, 0.25) is 0 Å². The van der Waals surface area contributed by atoms with Crippen molar-refractivity contribution in [3.8, 4) is 0 Å². The smallest absolute Gasteiger partial charge is 0.253 e. The first-order valence-corrected chi connectivity index (χ1v) is 12.3. The van der Waals surface area contributed by atoms with E-state index in [1.807, 2.05) is 40.5 Å². The molecule has 8 heteroatoms. The molecule has 0 unspecified atom stereocenters. The molecule has 2 aliphatic rings. The Bertz CT molecular complexity index is 1110. The second-order valence-electron chi connectivity index (χ2n) is 8.07. The summed E-state index contributed by atoms with van der Waals surface area (Å²) in [6, 6.07) is 7.58. The first kappa shape index (κ1) is 20.8. The van der Waals surface area contributed by atoms with Gasteiger partial charge in [0.05, 0.1) is 5.39 Å². The first-order valence-electron chi connectivity index (χ1n) is 10.7. The summed E-state index contributed by atoms with van der Waals surface area (Å²) in [6.07, 6.45) is 4.74. The molecule has 3 heterocycles. The standard InChI is InChI=1S/C23H25BrN4O2S/c1-30-14-19-25-21(20-17-4-2-3-5-18(17)31-22(20)26-19)27-10-12-28(13-11-27)23(29)15-6-8-16(24)9-7-15/h6-9H,2-5,10-14H2,1H3. The number of hydrogen-bond donors (Lipinski definition) is 0. The largest absolute Gasteiger partial charge is 0.377 e. The van der Waals surface area contributed by atoms with Gasteiger partial charge in [-0.3, -0.25) is 4.79 Å². The minimum Gasteiger partial charge on any atom is -0.377 e. The highest BCUT2D eigenvalue weighted by molar-refractivity contribution is 9.10. The molecule has 2 aromatic heterocycles. The van der Waals surface area contributed by atoms with Gasteiger partial charge in [-0.05, 0) is 55.5 Å². The fraction of sp³-hybridized carbons (Fsp3) is 0.435. The van der Waals surface area contributed by atoms with Crippen molar-refractivity contribution in [1.29, 1.82) is 0 Å². The lowest BCUT2D eigenvalue weighted by Crippen LogP contribution is -2.49. The number of thiophene rings is 1. The van der Waals surface area contributed by atoms with Gasteiger partial charge in [-0.25, -0.2) is 9.97 Å². The summed E-state index contributed by atoms with van der Waals surface area (Å²) in [7, 11) is 1.68. The van der Waals surface area contributed by atoms with Crippen LogP contribution in [0.3, 0.4) is 0 Å². The molecule has 0 spiro atoms. The van der Waals surface area contributed by atoms with Gasteiger partial charge in [0.1, 0.15) is 17.3 Å². The zero-order valence-corrected chi connectivity index (χ0v) is 20.0. The van der Waals surface area contributed by atoms with Crippen molar-refractivity contribution < 1.29 is 9.53 Å². The van der Waals surface area contributed by atoms with Crippen LogP contribution in [0.5, 0.6) is 0 Å². The van der Waals surface area contributed by atoms with Crippen LogP contribution >= 0.6 is 27.3 Å². The van der Waals surface area contributed by atoms with Crippen molar-refractivity contribution in [2.75, 3.05) is 38.2 Å². The average Bonchev–Trinajstić information content (AvgIpc) is 3.17. The maximum absolute atomic E-state index is 12.9. The second kappa shape index (κ2) is 8.84. The van der Waals surface area contributed by atoms with E-state index < -0.39 is 0 Å². The molecular formula is C23H25BrN4O2S. The molecule has 5 rings (SSSR count). The van der Waals surface area contributed by atoms with Gasteiger partial charge in [-0.2, -0.15) is 0 Å². The molecule has 31 heavy (non-hydrogen) atoms. The molecule has 0 radical (unpaired) electrons. The minimum absolute atomic E-state index is 0.0907. The summed E-state index contributed by atoms with van der Waals surface area (Å²) in [4.78, 5) is 29.5. The maximum Gasteiger partial charge on any atom is 0.253 e. The monoisotopic (exact) mass is 500 g/mol. The SMILES string of the molecule is COCc1nc(N2CCN(C(=O)c3ccc(Br)cc3)CC2)c2c3c(sc2n1)CCCC3. The predicted octanol–water partition coefficient (Wildman–Crippen LogP) is 4.44. The molecule has 0 bridgehead atoms. The molecule has 1 aliphatic carbocycles. The van der Waals surface area contributed by atoms with Gasteiger partial charge in [0.15, 0.2) is 5.82 Å². The van der Waals surface area contributed by atoms with E-state index in [-0.39, 0.29) is 5.91 Å².